The Labute approximate surface area is 119 Å². The van der Waals surface area contributed by atoms with Crippen molar-refractivity contribution in [3.63, 3.8) is 0 Å². The second-order valence-electron chi connectivity index (χ2n) is 4.85. The van der Waals surface area contributed by atoms with Gasteiger partial charge in [0.05, 0.1) is 24.3 Å². The number of alkyl halides is 1. The standard InChI is InChI=1S/C13H19ClO4S/c1-13(2,19(5,15)16)12(14)10-7-6-9(17-3)8-11(10)18-4/h6-8,12H,1-5H3. The van der Waals surface area contributed by atoms with Gasteiger partial charge in [0.1, 0.15) is 11.5 Å². The SMILES string of the molecule is COc1ccc(C(Cl)C(C)(C)S(C)(=O)=O)c(OC)c1. The van der Waals surface area contributed by atoms with Crippen LogP contribution in [0.2, 0.25) is 0 Å². The van der Waals surface area contributed by atoms with Crippen LogP contribution in [-0.4, -0.2) is 33.6 Å². The highest BCUT2D eigenvalue weighted by Crippen LogP contribution is 2.42. The fraction of sp³-hybridized carbons (Fsp3) is 0.538. The fourth-order valence-corrected chi connectivity index (χ4v) is 2.76. The molecule has 0 saturated heterocycles. The molecular weight excluding hydrogens is 288 g/mol. The van der Waals surface area contributed by atoms with E-state index in [9.17, 15) is 8.42 Å². The smallest absolute Gasteiger partial charge is 0.154 e. The van der Waals surface area contributed by atoms with E-state index in [0.29, 0.717) is 17.1 Å². The maximum Gasteiger partial charge on any atom is 0.154 e. The zero-order valence-corrected chi connectivity index (χ0v) is 13.3. The van der Waals surface area contributed by atoms with Crippen LogP contribution in [0.4, 0.5) is 0 Å². The van der Waals surface area contributed by atoms with Crippen LogP contribution in [0.25, 0.3) is 0 Å². The van der Waals surface area contributed by atoms with Gasteiger partial charge >= 0.3 is 0 Å². The lowest BCUT2D eigenvalue weighted by Gasteiger charge is -2.29. The summed E-state index contributed by atoms with van der Waals surface area (Å²) in [6, 6.07) is 5.14. The Bertz CT molecular complexity index is 552. The van der Waals surface area contributed by atoms with Gasteiger partial charge in [0.2, 0.25) is 0 Å². The van der Waals surface area contributed by atoms with Crippen molar-refractivity contribution in [1.29, 1.82) is 0 Å². The second kappa shape index (κ2) is 5.59. The number of halogens is 1. The molecule has 0 saturated carbocycles. The van der Waals surface area contributed by atoms with E-state index in [0.717, 1.165) is 0 Å². The summed E-state index contributed by atoms with van der Waals surface area (Å²) in [7, 11) is -0.251. The van der Waals surface area contributed by atoms with Crippen LogP contribution >= 0.6 is 11.6 Å². The van der Waals surface area contributed by atoms with Crippen molar-refractivity contribution in [1.82, 2.24) is 0 Å². The molecule has 6 heteroatoms. The van der Waals surface area contributed by atoms with Crippen LogP contribution in [-0.2, 0) is 9.84 Å². The molecule has 0 fully saturated rings. The minimum Gasteiger partial charge on any atom is -0.497 e. The van der Waals surface area contributed by atoms with Crippen molar-refractivity contribution in [3.05, 3.63) is 23.8 Å². The Morgan fingerprint density at radius 3 is 2.21 bits per heavy atom. The summed E-state index contributed by atoms with van der Waals surface area (Å²) in [6.07, 6.45) is 1.18. The first-order valence-corrected chi connectivity index (χ1v) is 8.03. The summed E-state index contributed by atoms with van der Waals surface area (Å²) < 4.78 is 32.9. The number of hydrogen-bond acceptors (Lipinski definition) is 4. The van der Waals surface area contributed by atoms with E-state index >= 15 is 0 Å². The minimum atomic E-state index is -3.31. The number of sulfone groups is 1. The quantitative estimate of drug-likeness (QED) is 0.785. The molecule has 108 valence electrons. The van der Waals surface area contributed by atoms with Gasteiger partial charge in [0, 0.05) is 17.9 Å². The highest BCUT2D eigenvalue weighted by molar-refractivity contribution is 7.92. The van der Waals surface area contributed by atoms with Crippen LogP contribution in [0.5, 0.6) is 11.5 Å². The maximum atomic E-state index is 11.8. The first kappa shape index (κ1) is 16.1. The highest BCUT2D eigenvalue weighted by atomic mass is 35.5. The van der Waals surface area contributed by atoms with Crippen molar-refractivity contribution < 1.29 is 17.9 Å². The number of rotatable bonds is 5. The van der Waals surface area contributed by atoms with Crippen LogP contribution in [0.3, 0.4) is 0 Å². The van der Waals surface area contributed by atoms with E-state index < -0.39 is 20.0 Å². The normalized spacial score (nSPS) is 14.0. The Balaban J connectivity index is 3.31. The fourth-order valence-electron chi connectivity index (χ4n) is 1.59. The molecule has 1 unspecified atom stereocenters. The summed E-state index contributed by atoms with van der Waals surface area (Å²) in [4.78, 5) is 0. The van der Waals surface area contributed by atoms with E-state index in [-0.39, 0.29) is 0 Å². The first-order chi connectivity index (χ1) is 8.65. The largest absolute Gasteiger partial charge is 0.497 e. The van der Waals surface area contributed by atoms with Crippen LogP contribution in [0.15, 0.2) is 18.2 Å². The third kappa shape index (κ3) is 3.15. The molecule has 0 N–H and O–H groups in total. The Hall–Kier alpha value is -0.940. The lowest BCUT2D eigenvalue weighted by molar-refractivity contribution is 0.389. The monoisotopic (exact) mass is 306 g/mol. The van der Waals surface area contributed by atoms with Gasteiger partial charge in [-0.3, -0.25) is 0 Å². The molecule has 0 spiro atoms. The first-order valence-electron chi connectivity index (χ1n) is 5.70. The topological polar surface area (TPSA) is 52.6 Å². The highest BCUT2D eigenvalue weighted by Gasteiger charge is 2.40. The molecule has 19 heavy (non-hydrogen) atoms. The lowest BCUT2D eigenvalue weighted by Crippen LogP contribution is -2.35. The summed E-state index contributed by atoms with van der Waals surface area (Å²) >= 11 is 6.36. The predicted molar refractivity (Wildman–Crippen MR) is 77.1 cm³/mol. The lowest BCUT2D eigenvalue weighted by atomic mass is 10.00. The van der Waals surface area contributed by atoms with Gasteiger partial charge in [0.15, 0.2) is 9.84 Å². The number of hydrogen-bond donors (Lipinski definition) is 0. The molecule has 1 atom stereocenters. The van der Waals surface area contributed by atoms with E-state index in [1.807, 2.05) is 0 Å². The van der Waals surface area contributed by atoms with Crippen LogP contribution < -0.4 is 9.47 Å². The maximum absolute atomic E-state index is 11.8. The molecule has 0 amide bonds. The molecule has 0 heterocycles. The number of methoxy groups -OCH3 is 2. The van der Waals surface area contributed by atoms with Crippen LogP contribution in [0, 0.1) is 0 Å². The average molecular weight is 307 g/mol. The Morgan fingerprint density at radius 2 is 1.79 bits per heavy atom. The minimum absolute atomic E-state index is 0.510. The van der Waals surface area contributed by atoms with Gasteiger partial charge in [-0.25, -0.2) is 8.42 Å². The average Bonchev–Trinajstić information content (AvgIpc) is 2.35. The Kier molecular flexibility index (Phi) is 4.74. The third-order valence-corrected chi connectivity index (χ3v) is 6.34. The molecule has 1 aromatic rings. The van der Waals surface area contributed by atoms with Gasteiger partial charge in [-0.2, -0.15) is 0 Å². The molecular formula is C13H19ClO4S. The summed E-state index contributed by atoms with van der Waals surface area (Å²) in [5.41, 5.74) is 0.625. The van der Waals surface area contributed by atoms with Gasteiger partial charge in [-0.1, -0.05) is 6.07 Å². The van der Waals surface area contributed by atoms with Gasteiger partial charge < -0.3 is 9.47 Å². The van der Waals surface area contributed by atoms with Gasteiger partial charge in [-0.05, 0) is 19.9 Å². The molecule has 1 rings (SSSR count). The molecule has 0 aliphatic carbocycles. The molecule has 0 aromatic heterocycles. The molecule has 4 nitrogen and oxygen atoms in total. The number of benzene rings is 1. The molecule has 0 aliphatic rings. The zero-order chi connectivity index (χ0) is 14.8. The molecule has 0 bridgehead atoms. The van der Waals surface area contributed by atoms with E-state index in [1.165, 1.54) is 13.4 Å². The molecule has 1 aromatic carbocycles. The van der Waals surface area contributed by atoms with Crippen molar-refractivity contribution in [3.8, 4) is 11.5 Å². The van der Waals surface area contributed by atoms with E-state index in [1.54, 1.807) is 39.2 Å². The van der Waals surface area contributed by atoms with Crippen LogP contribution in [0.1, 0.15) is 24.8 Å². The number of ether oxygens (including phenoxy) is 2. The predicted octanol–water partition coefficient (Wildman–Crippen LogP) is 2.81. The third-order valence-electron chi connectivity index (χ3n) is 3.28. The zero-order valence-electron chi connectivity index (χ0n) is 11.7. The Morgan fingerprint density at radius 1 is 1.21 bits per heavy atom. The van der Waals surface area contributed by atoms with Crippen molar-refractivity contribution in [2.24, 2.45) is 0 Å². The summed E-state index contributed by atoms with van der Waals surface area (Å²) in [6.45, 7) is 3.20. The van der Waals surface area contributed by atoms with Crippen molar-refractivity contribution in [2.75, 3.05) is 20.5 Å². The molecule has 0 radical (unpaired) electrons. The van der Waals surface area contributed by atoms with Crippen molar-refractivity contribution in [2.45, 2.75) is 24.0 Å². The summed E-state index contributed by atoms with van der Waals surface area (Å²) in [5, 5.41) is -0.719. The summed E-state index contributed by atoms with van der Waals surface area (Å²) in [5.74, 6) is 1.14. The molecule has 0 aliphatic heterocycles. The van der Waals surface area contributed by atoms with E-state index in [4.69, 9.17) is 21.1 Å². The van der Waals surface area contributed by atoms with Gasteiger partial charge in [-0.15, -0.1) is 11.6 Å². The van der Waals surface area contributed by atoms with Gasteiger partial charge in [0.25, 0.3) is 0 Å². The van der Waals surface area contributed by atoms with E-state index in [2.05, 4.69) is 0 Å². The van der Waals surface area contributed by atoms with Crippen molar-refractivity contribution >= 4 is 21.4 Å². The second-order valence-corrected chi connectivity index (χ2v) is 7.88.